The van der Waals surface area contributed by atoms with Crippen LogP contribution in [0.2, 0.25) is 0 Å². The van der Waals surface area contributed by atoms with E-state index in [0.29, 0.717) is 17.6 Å². The summed E-state index contributed by atoms with van der Waals surface area (Å²) in [7, 11) is 0. The molecule has 2 fully saturated rings. The van der Waals surface area contributed by atoms with E-state index < -0.39 is 0 Å². The molecule has 2 aliphatic rings. The third-order valence-corrected chi connectivity index (χ3v) is 3.14. The highest BCUT2D eigenvalue weighted by molar-refractivity contribution is 5.88. The summed E-state index contributed by atoms with van der Waals surface area (Å²) in [5.41, 5.74) is 0. The van der Waals surface area contributed by atoms with Crippen molar-refractivity contribution in [2.24, 2.45) is 17.8 Å². The molecule has 1 unspecified atom stereocenters. The lowest BCUT2D eigenvalue weighted by Crippen LogP contribution is -2.35. The van der Waals surface area contributed by atoms with Crippen LogP contribution in [0.3, 0.4) is 0 Å². The molecular formula is C8H12O2. The molecule has 0 aromatic rings. The van der Waals surface area contributed by atoms with Crippen LogP contribution in [0.4, 0.5) is 0 Å². The van der Waals surface area contributed by atoms with Crippen molar-refractivity contribution < 1.29 is 9.90 Å². The highest BCUT2D eigenvalue weighted by Crippen LogP contribution is 2.47. The maximum absolute atomic E-state index is 10.9. The minimum Gasteiger partial charge on any atom is -0.393 e. The van der Waals surface area contributed by atoms with Gasteiger partial charge in [0.25, 0.3) is 0 Å². The fourth-order valence-electron chi connectivity index (χ4n) is 2.22. The highest BCUT2D eigenvalue weighted by Gasteiger charge is 2.50. The Morgan fingerprint density at radius 2 is 2.30 bits per heavy atom. The second-order valence-electron chi connectivity index (χ2n) is 3.60. The van der Waals surface area contributed by atoms with Gasteiger partial charge in [0.15, 0.2) is 0 Å². The van der Waals surface area contributed by atoms with Crippen LogP contribution in [0.25, 0.3) is 0 Å². The van der Waals surface area contributed by atoms with Crippen molar-refractivity contribution in [1.29, 1.82) is 0 Å². The molecule has 2 aliphatic carbocycles. The lowest BCUT2D eigenvalue weighted by Gasteiger charge is -2.30. The average Bonchev–Trinajstić information content (AvgIpc) is 2.12. The molecule has 0 aromatic carbocycles. The molecule has 2 nitrogen and oxygen atoms in total. The van der Waals surface area contributed by atoms with Gasteiger partial charge in [0.05, 0.1) is 6.10 Å². The Bertz CT molecular complexity index is 176. The molecule has 0 heterocycles. The van der Waals surface area contributed by atoms with Crippen LogP contribution in [0.1, 0.15) is 19.8 Å². The first kappa shape index (κ1) is 6.35. The number of rotatable bonds is 0. The van der Waals surface area contributed by atoms with Gasteiger partial charge >= 0.3 is 0 Å². The van der Waals surface area contributed by atoms with Gasteiger partial charge in [0.1, 0.15) is 5.78 Å². The minimum absolute atomic E-state index is 0.207. The van der Waals surface area contributed by atoms with Crippen LogP contribution in [0.5, 0.6) is 0 Å². The largest absolute Gasteiger partial charge is 0.393 e. The van der Waals surface area contributed by atoms with E-state index in [-0.39, 0.29) is 12.0 Å². The number of hydrogen-bond donors (Lipinski definition) is 1. The van der Waals surface area contributed by atoms with E-state index >= 15 is 0 Å². The molecule has 0 radical (unpaired) electrons. The van der Waals surface area contributed by atoms with Crippen LogP contribution in [0, 0.1) is 17.8 Å². The monoisotopic (exact) mass is 140 g/mol. The second kappa shape index (κ2) is 1.82. The minimum atomic E-state index is -0.207. The Morgan fingerprint density at radius 3 is 2.70 bits per heavy atom. The normalized spacial score (nSPS) is 52.4. The van der Waals surface area contributed by atoms with E-state index in [4.69, 9.17) is 0 Å². The molecule has 2 heteroatoms. The molecule has 0 bridgehead atoms. The predicted molar refractivity (Wildman–Crippen MR) is 36.4 cm³/mol. The standard InChI is InChI=1S/C8H12O2/c1-4-5-2-8(10)6(5)3-7(4)9/h4-7,9H,2-3H2,1H3/t4-,5?,6-,7-/m0/s1. The molecule has 56 valence electrons. The topological polar surface area (TPSA) is 37.3 Å². The molecule has 1 N–H and O–H groups in total. The molecule has 0 spiro atoms. The number of aliphatic hydroxyl groups is 1. The van der Waals surface area contributed by atoms with Gasteiger partial charge in [0.2, 0.25) is 0 Å². The molecule has 2 saturated carbocycles. The first-order valence-electron chi connectivity index (χ1n) is 3.91. The van der Waals surface area contributed by atoms with Crippen LogP contribution in [-0.2, 0) is 4.79 Å². The molecule has 0 aromatic heterocycles. The molecule has 2 rings (SSSR count). The Hall–Kier alpha value is -0.370. The fourth-order valence-corrected chi connectivity index (χ4v) is 2.22. The average molecular weight is 140 g/mol. The molecule has 0 saturated heterocycles. The van der Waals surface area contributed by atoms with Crippen molar-refractivity contribution in [3.05, 3.63) is 0 Å². The third-order valence-electron chi connectivity index (χ3n) is 3.14. The number of ketones is 1. The summed E-state index contributed by atoms with van der Waals surface area (Å²) in [6.45, 7) is 2.04. The van der Waals surface area contributed by atoms with Crippen LogP contribution in [0.15, 0.2) is 0 Å². The summed E-state index contributed by atoms with van der Waals surface area (Å²) in [4.78, 5) is 10.9. The highest BCUT2D eigenvalue weighted by atomic mass is 16.3. The van der Waals surface area contributed by atoms with Gasteiger partial charge in [-0.25, -0.2) is 0 Å². The lowest BCUT2D eigenvalue weighted by molar-refractivity contribution is -0.133. The van der Waals surface area contributed by atoms with Crippen molar-refractivity contribution >= 4 is 5.78 Å². The van der Waals surface area contributed by atoms with E-state index in [1.807, 2.05) is 6.92 Å². The maximum atomic E-state index is 10.9. The van der Waals surface area contributed by atoms with Gasteiger partial charge < -0.3 is 5.11 Å². The molecule has 0 aliphatic heterocycles. The van der Waals surface area contributed by atoms with E-state index in [1.54, 1.807) is 0 Å². The summed E-state index contributed by atoms with van der Waals surface area (Å²) in [6.07, 6.45) is 1.24. The maximum Gasteiger partial charge on any atom is 0.136 e. The second-order valence-corrected chi connectivity index (χ2v) is 3.60. The number of carbonyl (C=O) groups excluding carboxylic acids is 1. The predicted octanol–water partition coefficient (Wildman–Crippen LogP) is 0.592. The first-order valence-corrected chi connectivity index (χ1v) is 3.91. The summed E-state index contributed by atoms with van der Waals surface area (Å²) in [5.74, 6) is 1.48. The Balaban J connectivity index is 2.13. The number of carbonyl (C=O) groups is 1. The summed E-state index contributed by atoms with van der Waals surface area (Å²) in [6, 6.07) is 0. The Labute approximate surface area is 60.2 Å². The summed E-state index contributed by atoms with van der Waals surface area (Å²) >= 11 is 0. The zero-order valence-electron chi connectivity index (χ0n) is 6.08. The van der Waals surface area contributed by atoms with E-state index in [1.165, 1.54) is 0 Å². The number of hydrogen-bond acceptors (Lipinski definition) is 2. The number of fused-ring (bicyclic) bond motifs is 1. The van der Waals surface area contributed by atoms with Crippen molar-refractivity contribution in [1.82, 2.24) is 0 Å². The van der Waals surface area contributed by atoms with E-state index in [9.17, 15) is 9.90 Å². The Morgan fingerprint density at radius 1 is 1.60 bits per heavy atom. The third kappa shape index (κ3) is 0.601. The summed E-state index contributed by atoms with van der Waals surface area (Å²) < 4.78 is 0. The zero-order valence-corrected chi connectivity index (χ0v) is 6.08. The molecule has 10 heavy (non-hydrogen) atoms. The Kier molecular flexibility index (Phi) is 1.15. The van der Waals surface area contributed by atoms with Crippen molar-refractivity contribution in [2.75, 3.05) is 0 Å². The van der Waals surface area contributed by atoms with E-state index in [0.717, 1.165) is 12.8 Å². The van der Waals surface area contributed by atoms with Gasteiger partial charge in [-0.2, -0.15) is 0 Å². The first-order chi connectivity index (χ1) is 4.70. The fraction of sp³-hybridized carbons (Fsp3) is 0.875. The van der Waals surface area contributed by atoms with Gasteiger partial charge in [-0.05, 0) is 18.3 Å². The van der Waals surface area contributed by atoms with Gasteiger partial charge in [-0.15, -0.1) is 0 Å². The summed E-state index contributed by atoms with van der Waals surface area (Å²) in [5, 5.41) is 9.34. The van der Waals surface area contributed by atoms with Crippen molar-refractivity contribution in [3.8, 4) is 0 Å². The van der Waals surface area contributed by atoms with Gasteiger partial charge in [-0.3, -0.25) is 4.79 Å². The van der Waals surface area contributed by atoms with Gasteiger partial charge in [-0.1, -0.05) is 6.92 Å². The molecule has 4 atom stereocenters. The van der Waals surface area contributed by atoms with Crippen molar-refractivity contribution in [2.45, 2.75) is 25.9 Å². The van der Waals surface area contributed by atoms with Crippen LogP contribution >= 0.6 is 0 Å². The zero-order chi connectivity index (χ0) is 7.30. The number of Topliss-reactive ketones (excluding diaryl/α,β-unsaturated/α-hetero) is 1. The molecule has 0 amide bonds. The number of aliphatic hydroxyl groups excluding tert-OH is 1. The van der Waals surface area contributed by atoms with Crippen molar-refractivity contribution in [3.63, 3.8) is 0 Å². The smallest absolute Gasteiger partial charge is 0.136 e. The lowest BCUT2D eigenvalue weighted by atomic mass is 9.72. The van der Waals surface area contributed by atoms with Crippen LogP contribution in [-0.4, -0.2) is 17.0 Å². The molecular weight excluding hydrogens is 128 g/mol. The van der Waals surface area contributed by atoms with E-state index in [2.05, 4.69) is 0 Å². The van der Waals surface area contributed by atoms with Gasteiger partial charge in [0, 0.05) is 12.3 Å². The quantitative estimate of drug-likeness (QED) is 0.534. The SMILES string of the molecule is C[C@H]1C2CC(=O)[C@H]2C[C@@H]1O. The van der Waals surface area contributed by atoms with Crippen LogP contribution < -0.4 is 0 Å².